The molecule has 6 heteroatoms. The number of rotatable bonds is 3. The van der Waals surface area contributed by atoms with Crippen LogP contribution in [-0.2, 0) is 0 Å². The Hall–Kier alpha value is -2.76. The minimum Gasteiger partial charge on any atom is -0.493 e. The molecule has 23 heavy (non-hydrogen) atoms. The second kappa shape index (κ2) is 5.79. The van der Waals surface area contributed by atoms with Gasteiger partial charge in [0.05, 0.1) is 25.5 Å². The molecule has 2 aromatic rings. The van der Waals surface area contributed by atoms with Gasteiger partial charge in [-0.3, -0.25) is 4.79 Å². The van der Waals surface area contributed by atoms with Crippen molar-refractivity contribution in [3.05, 3.63) is 53.3 Å². The third-order valence-corrected chi connectivity index (χ3v) is 3.95. The fourth-order valence-electron chi connectivity index (χ4n) is 2.71. The van der Waals surface area contributed by atoms with Gasteiger partial charge in [0.25, 0.3) is 5.91 Å². The highest BCUT2D eigenvalue weighted by Crippen LogP contribution is 2.39. The van der Waals surface area contributed by atoms with Crippen LogP contribution in [0.25, 0.3) is 0 Å². The lowest BCUT2D eigenvalue weighted by atomic mass is 10.0. The van der Waals surface area contributed by atoms with Gasteiger partial charge in [-0.05, 0) is 12.1 Å². The van der Waals surface area contributed by atoms with E-state index in [2.05, 4.69) is 5.32 Å². The Balaban J connectivity index is 2.08. The Bertz CT molecular complexity index is 763. The highest BCUT2D eigenvalue weighted by atomic mass is 19.1. The number of nitrogens with one attached hydrogen (secondary N) is 1. The van der Waals surface area contributed by atoms with Crippen LogP contribution >= 0.6 is 0 Å². The smallest absolute Gasteiger partial charge is 0.257 e. The van der Waals surface area contributed by atoms with Crippen LogP contribution < -0.4 is 14.8 Å². The lowest BCUT2D eigenvalue weighted by Gasteiger charge is -2.36. The van der Waals surface area contributed by atoms with Crippen molar-refractivity contribution in [2.45, 2.75) is 6.17 Å². The van der Waals surface area contributed by atoms with E-state index in [0.29, 0.717) is 28.3 Å². The number of hydrogen-bond donors (Lipinski definition) is 1. The predicted octanol–water partition coefficient (Wildman–Crippen LogP) is 3.04. The highest BCUT2D eigenvalue weighted by Gasteiger charge is 2.32. The molecule has 0 bridgehead atoms. The molecule has 2 aromatic carbocycles. The number of hydrogen-bond acceptors (Lipinski definition) is 4. The summed E-state index contributed by atoms with van der Waals surface area (Å²) in [6, 6.07) is 9.69. The van der Waals surface area contributed by atoms with E-state index in [1.165, 1.54) is 25.2 Å². The zero-order chi connectivity index (χ0) is 16.6. The standard InChI is InChI=1S/C17H17FN2O3/c1-20-16(10-6-4-5-7-12(10)18)19-13-9-15(23-3)14(22-2)8-11(13)17(20)21/h4-9,16,19H,1-3H3/t16-/m0/s1. The average Bonchev–Trinajstić information content (AvgIpc) is 2.57. The number of halogens is 1. The van der Waals surface area contributed by atoms with Gasteiger partial charge in [0, 0.05) is 18.7 Å². The number of benzene rings is 2. The van der Waals surface area contributed by atoms with E-state index < -0.39 is 6.17 Å². The van der Waals surface area contributed by atoms with Gasteiger partial charge < -0.3 is 19.7 Å². The summed E-state index contributed by atoms with van der Waals surface area (Å²) < 4.78 is 24.6. The topological polar surface area (TPSA) is 50.8 Å². The number of methoxy groups -OCH3 is 2. The second-order valence-electron chi connectivity index (χ2n) is 5.24. The van der Waals surface area contributed by atoms with Crippen molar-refractivity contribution in [2.75, 3.05) is 26.6 Å². The maximum Gasteiger partial charge on any atom is 0.257 e. The Morgan fingerprint density at radius 1 is 1.13 bits per heavy atom. The van der Waals surface area contributed by atoms with E-state index in [4.69, 9.17) is 9.47 Å². The molecule has 0 spiro atoms. The fourth-order valence-corrected chi connectivity index (χ4v) is 2.71. The summed E-state index contributed by atoms with van der Waals surface area (Å²) in [6.45, 7) is 0. The first-order chi connectivity index (χ1) is 11.1. The van der Waals surface area contributed by atoms with Crippen molar-refractivity contribution in [3.8, 4) is 11.5 Å². The molecule has 0 saturated heterocycles. The third kappa shape index (κ3) is 2.46. The quantitative estimate of drug-likeness (QED) is 0.945. The minimum atomic E-state index is -0.589. The third-order valence-electron chi connectivity index (χ3n) is 3.95. The average molecular weight is 316 g/mol. The summed E-state index contributed by atoms with van der Waals surface area (Å²) in [6.07, 6.45) is -0.589. The molecule has 5 nitrogen and oxygen atoms in total. The van der Waals surface area contributed by atoms with Crippen LogP contribution in [0, 0.1) is 5.82 Å². The van der Waals surface area contributed by atoms with Crippen LogP contribution in [0.15, 0.2) is 36.4 Å². The SMILES string of the molecule is COc1cc2c(cc1OC)C(=O)N(C)[C@@H](c1ccccc1F)N2. The molecule has 0 saturated carbocycles. The van der Waals surface area contributed by atoms with Gasteiger partial charge in [-0.15, -0.1) is 0 Å². The second-order valence-corrected chi connectivity index (χ2v) is 5.24. The Kier molecular flexibility index (Phi) is 3.82. The molecular formula is C17H17FN2O3. The molecule has 0 unspecified atom stereocenters. The normalized spacial score (nSPS) is 16.6. The molecule has 1 heterocycles. The number of amides is 1. The van der Waals surface area contributed by atoms with Crippen LogP contribution in [-0.4, -0.2) is 32.1 Å². The van der Waals surface area contributed by atoms with Crippen molar-refractivity contribution in [1.82, 2.24) is 4.90 Å². The Labute approximate surface area is 133 Å². The predicted molar refractivity (Wildman–Crippen MR) is 84.4 cm³/mol. The molecular weight excluding hydrogens is 299 g/mol. The number of carbonyl (C=O) groups excluding carboxylic acids is 1. The van der Waals surface area contributed by atoms with E-state index in [1.807, 2.05) is 0 Å². The maximum atomic E-state index is 14.1. The van der Waals surface area contributed by atoms with E-state index in [9.17, 15) is 9.18 Å². The van der Waals surface area contributed by atoms with Gasteiger partial charge in [0.1, 0.15) is 12.0 Å². The molecule has 3 rings (SSSR count). The van der Waals surface area contributed by atoms with Gasteiger partial charge in [0.15, 0.2) is 11.5 Å². The Morgan fingerprint density at radius 3 is 2.43 bits per heavy atom. The first-order valence-corrected chi connectivity index (χ1v) is 7.11. The number of anilines is 1. The summed E-state index contributed by atoms with van der Waals surface area (Å²) in [7, 11) is 4.66. The largest absolute Gasteiger partial charge is 0.493 e. The molecule has 0 fully saturated rings. The molecule has 0 aliphatic carbocycles. The van der Waals surface area contributed by atoms with Crippen LogP contribution in [0.4, 0.5) is 10.1 Å². The summed E-state index contributed by atoms with van der Waals surface area (Å²) in [5.41, 5.74) is 1.44. The van der Waals surface area contributed by atoms with E-state index in [-0.39, 0.29) is 11.7 Å². The van der Waals surface area contributed by atoms with Crippen molar-refractivity contribution < 1.29 is 18.7 Å². The summed E-state index contributed by atoms with van der Waals surface area (Å²) in [4.78, 5) is 14.1. The molecule has 120 valence electrons. The fraction of sp³-hybridized carbons (Fsp3) is 0.235. The molecule has 1 aliphatic rings. The first-order valence-electron chi connectivity index (χ1n) is 7.11. The van der Waals surface area contributed by atoms with Gasteiger partial charge in [-0.1, -0.05) is 18.2 Å². The molecule has 0 aromatic heterocycles. The molecule has 1 N–H and O–H groups in total. The number of fused-ring (bicyclic) bond motifs is 1. The monoisotopic (exact) mass is 316 g/mol. The zero-order valence-electron chi connectivity index (χ0n) is 13.1. The first kappa shape index (κ1) is 15.1. The molecule has 1 aliphatic heterocycles. The van der Waals surface area contributed by atoms with Gasteiger partial charge >= 0.3 is 0 Å². The van der Waals surface area contributed by atoms with Gasteiger partial charge in [0.2, 0.25) is 0 Å². The number of nitrogens with zero attached hydrogens (tertiary/aromatic N) is 1. The van der Waals surface area contributed by atoms with Gasteiger partial charge in [-0.25, -0.2) is 4.39 Å². The number of ether oxygens (including phenoxy) is 2. The lowest BCUT2D eigenvalue weighted by Crippen LogP contribution is -2.40. The van der Waals surface area contributed by atoms with E-state index in [0.717, 1.165) is 0 Å². The van der Waals surface area contributed by atoms with Crippen LogP contribution in [0.2, 0.25) is 0 Å². The van der Waals surface area contributed by atoms with Crippen LogP contribution in [0.1, 0.15) is 22.1 Å². The van der Waals surface area contributed by atoms with Crippen molar-refractivity contribution in [3.63, 3.8) is 0 Å². The van der Waals surface area contributed by atoms with Crippen molar-refractivity contribution in [2.24, 2.45) is 0 Å². The van der Waals surface area contributed by atoms with E-state index >= 15 is 0 Å². The molecule has 0 radical (unpaired) electrons. The minimum absolute atomic E-state index is 0.215. The summed E-state index contributed by atoms with van der Waals surface area (Å²) in [5, 5.41) is 3.19. The van der Waals surface area contributed by atoms with Crippen LogP contribution in [0.5, 0.6) is 11.5 Å². The van der Waals surface area contributed by atoms with Crippen LogP contribution in [0.3, 0.4) is 0 Å². The maximum absolute atomic E-state index is 14.1. The highest BCUT2D eigenvalue weighted by molar-refractivity contribution is 6.02. The summed E-state index contributed by atoms with van der Waals surface area (Å²) >= 11 is 0. The van der Waals surface area contributed by atoms with Crippen molar-refractivity contribution >= 4 is 11.6 Å². The van der Waals surface area contributed by atoms with Crippen molar-refractivity contribution in [1.29, 1.82) is 0 Å². The zero-order valence-corrected chi connectivity index (χ0v) is 13.1. The van der Waals surface area contributed by atoms with Gasteiger partial charge in [-0.2, -0.15) is 0 Å². The molecule has 1 atom stereocenters. The lowest BCUT2D eigenvalue weighted by molar-refractivity contribution is 0.0732. The Morgan fingerprint density at radius 2 is 1.78 bits per heavy atom. The van der Waals surface area contributed by atoms with E-state index in [1.54, 1.807) is 37.4 Å². The molecule has 1 amide bonds. The summed E-state index contributed by atoms with van der Waals surface area (Å²) in [5.74, 6) is 0.393. The number of carbonyl (C=O) groups is 1.